The van der Waals surface area contributed by atoms with E-state index in [-0.39, 0.29) is 11.7 Å². The Morgan fingerprint density at radius 1 is 1.33 bits per heavy atom. The highest BCUT2D eigenvalue weighted by atomic mass is 32.2. The minimum absolute atomic E-state index is 0.0505. The summed E-state index contributed by atoms with van der Waals surface area (Å²) < 4.78 is 28.7. The van der Waals surface area contributed by atoms with E-state index >= 15 is 0 Å². The first-order valence-electron chi connectivity index (χ1n) is 7.65. The number of thioether (sulfide) groups is 1. The third-order valence-electron chi connectivity index (χ3n) is 4.01. The predicted molar refractivity (Wildman–Crippen MR) is 87.1 cm³/mol. The van der Waals surface area contributed by atoms with Crippen LogP contribution in [0.5, 0.6) is 0 Å². The highest BCUT2D eigenvalue weighted by Crippen LogP contribution is 2.30. The lowest BCUT2D eigenvalue weighted by molar-refractivity contribution is 0.560. The molecule has 0 aliphatic carbocycles. The maximum Gasteiger partial charge on any atom is 0.149 e. The zero-order chi connectivity index (χ0) is 15.4. The zero-order valence-electron chi connectivity index (χ0n) is 12.7. The average molecular weight is 314 g/mol. The van der Waals surface area contributed by atoms with E-state index in [9.17, 15) is 8.78 Å². The van der Waals surface area contributed by atoms with E-state index in [1.165, 1.54) is 12.1 Å². The van der Waals surface area contributed by atoms with E-state index in [0.29, 0.717) is 30.3 Å². The van der Waals surface area contributed by atoms with Crippen LogP contribution in [0.2, 0.25) is 0 Å². The van der Waals surface area contributed by atoms with Gasteiger partial charge in [-0.3, -0.25) is 0 Å². The molecule has 1 saturated heterocycles. The number of rotatable bonds is 5. The van der Waals surface area contributed by atoms with E-state index in [4.69, 9.17) is 5.73 Å². The Morgan fingerprint density at radius 2 is 2.00 bits per heavy atom. The van der Waals surface area contributed by atoms with Crippen LogP contribution >= 0.6 is 11.8 Å². The molecular weight excluding hydrogens is 290 g/mol. The van der Waals surface area contributed by atoms with E-state index < -0.39 is 11.6 Å². The van der Waals surface area contributed by atoms with Crippen molar-refractivity contribution in [2.24, 2.45) is 5.73 Å². The number of nitrogens with zero attached hydrogens (tertiary/aromatic N) is 1. The molecule has 2 nitrogen and oxygen atoms in total. The van der Waals surface area contributed by atoms with Crippen LogP contribution in [0.25, 0.3) is 0 Å². The molecular formula is C16H24F2N2S. The zero-order valence-corrected chi connectivity index (χ0v) is 13.6. The topological polar surface area (TPSA) is 29.3 Å². The van der Waals surface area contributed by atoms with Crippen LogP contribution in [0, 0.1) is 11.6 Å². The summed E-state index contributed by atoms with van der Waals surface area (Å²) in [5.41, 5.74) is 6.63. The van der Waals surface area contributed by atoms with E-state index in [0.717, 1.165) is 18.6 Å². The fraction of sp³-hybridized carbons (Fsp3) is 0.625. The SMILES string of the molecule is CCC(N)Cc1cc(F)c(N2CCSC(CC)C2)c(F)c1. The Balaban J connectivity index is 2.20. The first kappa shape index (κ1) is 16.6. The molecule has 5 heteroatoms. The molecule has 21 heavy (non-hydrogen) atoms. The lowest BCUT2D eigenvalue weighted by Gasteiger charge is -2.34. The van der Waals surface area contributed by atoms with Crippen molar-refractivity contribution in [3.05, 3.63) is 29.3 Å². The second-order valence-electron chi connectivity index (χ2n) is 5.63. The monoisotopic (exact) mass is 314 g/mol. The molecule has 0 radical (unpaired) electrons. The van der Waals surface area contributed by atoms with E-state index in [2.05, 4.69) is 6.92 Å². The van der Waals surface area contributed by atoms with Crippen molar-refractivity contribution in [2.45, 2.75) is 44.4 Å². The summed E-state index contributed by atoms with van der Waals surface area (Å²) in [6.45, 7) is 5.50. The molecule has 1 aliphatic rings. The van der Waals surface area contributed by atoms with Crippen molar-refractivity contribution in [1.29, 1.82) is 0 Å². The number of benzene rings is 1. The Labute approximate surface area is 130 Å². The van der Waals surface area contributed by atoms with Crippen molar-refractivity contribution in [3.8, 4) is 0 Å². The highest BCUT2D eigenvalue weighted by molar-refractivity contribution is 8.00. The molecule has 0 bridgehead atoms. The van der Waals surface area contributed by atoms with Gasteiger partial charge in [-0.15, -0.1) is 0 Å². The Bertz CT molecular complexity index is 458. The number of nitrogens with two attached hydrogens (primary N) is 1. The third-order valence-corrected chi connectivity index (χ3v) is 5.38. The van der Waals surface area contributed by atoms with Gasteiger partial charge in [0.2, 0.25) is 0 Å². The number of hydrogen-bond donors (Lipinski definition) is 1. The average Bonchev–Trinajstić information content (AvgIpc) is 2.46. The number of halogens is 2. The Hall–Kier alpha value is -0.810. The molecule has 1 heterocycles. The van der Waals surface area contributed by atoms with Crippen molar-refractivity contribution >= 4 is 17.4 Å². The molecule has 2 atom stereocenters. The molecule has 118 valence electrons. The molecule has 0 amide bonds. The molecule has 0 spiro atoms. The van der Waals surface area contributed by atoms with Gasteiger partial charge in [0.05, 0.1) is 0 Å². The van der Waals surface area contributed by atoms with Gasteiger partial charge in [-0.05, 0) is 37.0 Å². The van der Waals surface area contributed by atoms with Crippen molar-refractivity contribution in [2.75, 3.05) is 23.7 Å². The van der Waals surface area contributed by atoms with Gasteiger partial charge in [0.1, 0.15) is 17.3 Å². The van der Waals surface area contributed by atoms with Crippen LogP contribution < -0.4 is 10.6 Å². The van der Waals surface area contributed by atoms with Crippen LogP contribution in [0.1, 0.15) is 32.3 Å². The number of hydrogen-bond acceptors (Lipinski definition) is 3. The van der Waals surface area contributed by atoms with Crippen molar-refractivity contribution < 1.29 is 8.78 Å². The molecule has 0 saturated carbocycles. The lowest BCUT2D eigenvalue weighted by Crippen LogP contribution is -2.38. The molecule has 1 aromatic carbocycles. The van der Waals surface area contributed by atoms with Gasteiger partial charge in [0, 0.05) is 30.1 Å². The van der Waals surface area contributed by atoms with Gasteiger partial charge < -0.3 is 10.6 Å². The third kappa shape index (κ3) is 4.10. The molecule has 0 aromatic heterocycles. The summed E-state index contributed by atoms with van der Waals surface area (Å²) in [5, 5.41) is 0.450. The second kappa shape index (κ2) is 7.45. The summed E-state index contributed by atoms with van der Waals surface area (Å²) in [4.78, 5) is 1.85. The molecule has 2 unspecified atom stereocenters. The van der Waals surface area contributed by atoms with Crippen LogP contribution in [0.3, 0.4) is 0 Å². The van der Waals surface area contributed by atoms with Gasteiger partial charge in [-0.2, -0.15) is 11.8 Å². The van der Waals surface area contributed by atoms with Crippen LogP contribution in [0.4, 0.5) is 14.5 Å². The summed E-state index contributed by atoms with van der Waals surface area (Å²) in [6.07, 6.45) is 2.33. The quantitative estimate of drug-likeness (QED) is 0.901. The summed E-state index contributed by atoms with van der Waals surface area (Å²) in [5.74, 6) is -0.00931. The second-order valence-corrected chi connectivity index (χ2v) is 7.04. The standard InChI is InChI=1S/C16H24F2N2S/c1-3-12(19)7-11-8-14(17)16(15(18)9-11)20-5-6-21-13(4-2)10-20/h8-9,12-13H,3-7,10,19H2,1-2H3. The molecule has 2 N–H and O–H groups in total. The number of anilines is 1. The van der Waals surface area contributed by atoms with Gasteiger partial charge >= 0.3 is 0 Å². The first-order chi connectivity index (χ1) is 10.0. The summed E-state index contributed by atoms with van der Waals surface area (Å²) >= 11 is 1.88. The highest BCUT2D eigenvalue weighted by Gasteiger charge is 2.24. The fourth-order valence-electron chi connectivity index (χ4n) is 2.65. The maximum absolute atomic E-state index is 14.4. The minimum atomic E-state index is -0.463. The lowest BCUT2D eigenvalue weighted by atomic mass is 10.0. The smallest absolute Gasteiger partial charge is 0.149 e. The van der Waals surface area contributed by atoms with Gasteiger partial charge in [-0.1, -0.05) is 13.8 Å². The van der Waals surface area contributed by atoms with E-state index in [1.54, 1.807) is 0 Å². The molecule has 2 rings (SSSR count). The van der Waals surface area contributed by atoms with Crippen LogP contribution in [0.15, 0.2) is 12.1 Å². The van der Waals surface area contributed by atoms with Crippen molar-refractivity contribution in [1.82, 2.24) is 0 Å². The largest absolute Gasteiger partial charge is 0.365 e. The molecule has 1 fully saturated rings. The first-order valence-corrected chi connectivity index (χ1v) is 8.70. The predicted octanol–water partition coefficient (Wildman–Crippen LogP) is 3.58. The van der Waals surface area contributed by atoms with Crippen LogP contribution in [-0.4, -0.2) is 30.1 Å². The Morgan fingerprint density at radius 3 is 2.57 bits per heavy atom. The van der Waals surface area contributed by atoms with Gasteiger partial charge in [-0.25, -0.2) is 8.78 Å². The van der Waals surface area contributed by atoms with Crippen LogP contribution in [-0.2, 0) is 6.42 Å². The Kier molecular flexibility index (Phi) is 5.88. The van der Waals surface area contributed by atoms with Gasteiger partial charge in [0.25, 0.3) is 0 Å². The van der Waals surface area contributed by atoms with E-state index in [1.807, 2.05) is 23.6 Å². The summed E-state index contributed by atoms with van der Waals surface area (Å²) in [7, 11) is 0. The molecule has 1 aromatic rings. The summed E-state index contributed by atoms with van der Waals surface area (Å²) in [6, 6.07) is 2.83. The normalized spacial score (nSPS) is 20.6. The molecule has 1 aliphatic heterocycles. The fourth-order valence-corrected chi connectivity index (χ4v) is 3.83. The van der Waals surface area contributed by atoms with Crippen molar-refractivity contribution in [3.63, 3.8) is 0 Å². The maximum atomic E-state index is 14.4. The minimum Gasteiger partial charge on any atom is -0.365 e. The van der Waals surface area contributed by atoms with Gasteiger partial charge in [0.15, 0.2) is 0 Å².